The molecule has 0 atom stereocenters. The van der Waals surface area contributed by atoms with E-state index in [1.807, 2.05) is 31.3 Å². The van der Waals surface area contributed by atoms with Crippen molar-refractivity contribution in [3.8, 4) is 0 Å². The summed E-state index contributed by atoms with van der Waals surface area (Å²) in [5.41, 5.74) is 1.30. The lowest BCUT2D eigenvalue weighted by Gasteiger charge is -2.17. The van der Waals surface area contributed by atoms with Gasteiger partial charge in [0.2, 0.25) is 5.95 Å². The third-order valence-corrected chi connectivity index (χ3v) is 4.99. The molecular formula is C20H21Cl2N5O. The van der Waals surface area contributed by atoms with Crippen LogP contribution in [-0.4, -0.2) is 35.1 Å². The molecule has 8 heteroatoms. The Morgan fingerprint density at radius 2 is 2.00 bits per heavy atom. The molecule has 3 rings (SSSR count). The number of H-pyrrole nitrogens is 1. The van der Waals surface area contributed by atoms with E-state index in [0.29, 0.717) is 34.5 Å². The van der Waals surface area contributed by atoms with E-state index in [-0.39, 0.29) is 5.56 Å². The molecule has 0 bridgehead atoms. The van der Waals surface area contributed by atoms with Gasteiger partial charge in [0.05, 0.1) is 10.0 Å². The van der Waals surface area contributed by atoms with Crippen molar-refractivity contribution >= 4 is 35.0 Å². The molecule has 2 heterocycles. The number of hydrogen-bond acceptors (Lipinski definition) is 5. The fraction of sp³-hybridized carbons (Fsp3) is 0.250. The van der Waals surface area contributed by atoms with Crippen LogP contribution in [0.3, 0.4) is 0 Å². The first-order valence-electron chi connectivity index (χ1n) is 8.91. The Hall–Kier alpha value is -2.57. The van der Waals surface area contributed by atoms with Crippen LogP contribution in [0.25, 0.3) is 0 Å². The first-order chi connectivity index (χ1) is 13.5. The van der Waals surface area contributed by atoms with Crippen LogP contribution in [0.15, 0.2) is 53.6 Å². The minimum absolute atomic E-state index is 0.172. The van der Waals surface area contributed by atoms with Gasteiger partial charge in [0, 0.05) is 44.5 Å². The number of aromatic amines is 1. The van der Waals surface area contributed by atoms with Crippen LogP contribution in [0.4, 0.5) is 11.8 Å². The number of benzene rings is 1. The number of anilines is 2. The third-order valence-electron chi connectivity index (χ3n) is 4.25. The molecule has 0 saturated carbocycles. The highest BCUT2D eigenvalue weighted by atomic mass is 35.5. The van der Waals surface area contributed by atoms with Crippen molar-refractivity contribution in [2.75, 3.05) is 30.4 Å². The van der Waals surface area contributed by atoms with Gasteiger partial charge >= 0.3 is 0 Å². The summed E-state index contributed by atoms with van der Waals surface area (Å²) in [6.45, 7) is 1.52. The lowest BCUT2D eigenvalue weighted by molar-refractivity contribution is 0.799. The molecule has 2 aromatic heterocycles. The first kappa shape index (κ1) is 20.2. The van der Waals surface area contributed by atoms with Crippen LogP contribution in [0.5, 0.6) is 0 Å². The van der Waals surface area contributed by atoms with Gasteiger partial charge < -0.3 is 10.2 Å². The molecule has 2 N–H and O–H groups in total. The van der Waals surface area contributed by atoms with Gasteiger partial charge in [-0.15, -0.1) is 0 Å². The summed E-state index contributed by atoms with van der Waals surface area (Å²) in [7, 11) is 2.00. The number of pyridine rings is 1. The fourth-order valence-corrected chi connectivity index (χ4v) is 3.04. The SMILES string of the molecule is CN(CCCNc1ncc(Cc2ccc(Cl)c(Cl)c2)c(=O)[nH]1)c1ccccn1. The van der Waals surface area contributed by atoms with Gasteiger partial charge in [-0.25, -0.2) is 9.97 Å². The Labute approximate surface area is 173 Å². The second kappa shape index (κ2) is 9.57. The highest BCUT2D eigenvalue weighted by Gasteiger charge is 2.06. The van der Waals surface area contributed by atoms with Gasteiger partial charge in [0.25, 0.3) is 5.56 Å². The van der Waals surface area contributed by atoms with E-state index < -0.39 is 0 Å². The van der Waals surface area contributed by atoms with Crippen LogP contribution in [0, 0.1) is 0 Å². The maximum Gasteiger partial charge on any atom is 0.255 e. The zero-order valence-electron chi connectivity index (χ0n) is 15.5. The summed E-state index contributed by atoms with van der Waals surface area (Å²) in [6, 6.07) is 11.2. The van der Waals surface area contributed by atoms with E-state index in [2.05, 4.69) is 25.2 Å². The van der Waals surface area contributed by atoms with E-state index in [1.54, 1.807) is 24.5 Å². The molecule has 0 amide bonds. The Morgan fingerprint density at radius 1 is 1.14 bits per heavy atom. The molecule has 0 aliphatic rings. The fourth-order valence-electron chi connectivity index (χ4n) is 2.72. The van der Waals surface area contributed by atoms with E-state index in [4.69, 9.17) is 23.2 Å². The van der Waals surface area contributed by atoms with E-state index >= 15 is 0 Å². The zero-order valence-corrected chi connectivity index (χ0v) is 17.0. The molecule has 0 fully saturated rings. The van der Waals surface area contributed by atoms with Crippen LogP contribution in [0.1, 0.15) is 17.5 Å². The van der Waals surface area contributed by atoms with Gasteiger partial charge in [-0.3, -0.25) is 9.78 Å². The van der Waals surface area contributed by atoms with Gasteiger partial charge in [0.1, 0.15) is 5.82 Å². The Morgan fingerprint density at radius 3 is 2.71 bits per heavy atom. The van der Waals surface area contributed by atoms with Crippen molar-refractivity contribution in [1.29, 1.82) is 0 Å². The van der Waals surface area contributed by atoms with Crippen molar-refractivity contribution < 1.29 is 0 Å². The maximum atomic E-state index is 12.3. The smallest absolute Gasteiger partial charge is 0.255 e. The molecular weight excluding hydrogens is 397 g/mol. The molecule has 0 radical (unpaired) electrons. The second-order valence-electron chi connectivity index (χ2n) is 6.40. The van der Waals surface area contributed by atoms with Crippen LogP contribution in [0.2, 0.25) is 10.0 Å². The van der Waals surface area contributed by atoms with Gasteiger partial charge in [-0.2, -0.15) is 0 Å². The second-order valence-corrected chi connectivity index (χ2v) is 7.22. The Kier molecular flexibility index (Phi) is 6.90. The van der Waals surface area contributed by atoms with E-state index in [1.165, 1.54) is 0 Å². The van der Waals surface area contributed by atoms with Crippen LogP contribution >= 0.6 is 23.2 Å². The minimum Gasteiger partial charge on any atom is -0.360 e. The standard InChI is InChI=1S/C20H21Cl2N5O/c1-27(18-5-2-3-8-23-18)10-4-9-24-20-25-13-15(19(28)26-20)11-14-6-7-16(21)17(22)12-14/h2-3,5-8,12-13H,4,9-11H2,1H3,(H2,24,25,26,28). The summed E-state index contributed by atoms with van der Waals surface area (Å²) >= 11 is 11.9. The molecule has 3 aromatic rings. The summed E-state index contributed by atoms with van der Waals surface area (Å²) in [4.78, 5) is 25.8. The molecule has 0 aliphatic carbocycles. The molecule has 6 nitrogen and oxygen atoms in total. The molecule has 146 valence electrons. The first-order valence-corrected chi connectivity index (χ1v) is 9.66. The van der Waals surface area contributed by atoms with Gasteiger partial charge in [-0.1, -0.05) is 35.3 Å². The highest BCUT2D eigenvalue weighted by Crippen LogP contribution is 2.23. The monoisotopic (exact) mass is 417 g/mol. The average Bonchev–Trinajstić information content (AvgIpc) is 2.70. The highest BCUT2D eigenvalue weighted by molar-refractivity contribution is 6.42. The average molecular weight is 418 g/mol. The van der Waals surface area contributed by atoms with Gasteiger partial charge in [0.15, 0.2) is 0 Å². The summed E-state index contributed by atoms with van der Waals surface area (Å²) in [5, 5.41) is 4.11. The van der Waals surface area contributed by atoms with Crippen molar-refractivity contribution in [2.24, 2.45) is 0 Å². The zero-order chi connectivity index (χ0) is 19.9. The quantitative estimate of drug-likeness (QED) is 0.541. The molecule has 0 spiro atoms. The summed E-state index contributed by atoms with van der Waals surface area (Å²) < 4.78 is 0. The number of aromatic nitrogens is 3. The number of hydrogen-bond donors (Lipinski definition) is 2. The van der Waals surface area contributed by atoms with Crippen molar-refractivity contribution in [1.82, 2.24) is 15.0 Å². The van der Waals surface area contributed by atoms with E-state index in [9.17, 15) is 4.79 Å². The van der Waals surface area contributed by atoms with Crippen molar-refractivity contribution in [3.05, 3.63) is 80.3 Å². The molecule has 1 aromatic carbocycles. The van der Waals surface area contributed by atoms with Crippen molar-refractivity contribution in [2.45, 2.75) is 12.8 Å². The summed E-state index contributed by atoms with van der Waals surface area (Å²) in [5.74, 6) is 1.39. The molecule has 0 saturated heterocycles. The molecule has 0 unspecified atom stereocenters. The topological polar surface area (TPSA) is 73.9 Å². The molecule has 0 aliphatic heterocycles. The van der Waals surface area contributed by atoms with Crippen molar-refractivity contribution in [3.63, 3.8) is 0 Å². The number of rotatable bonds is 8. The lowest BCUT2D eigenvalue weighted by atomic mass is 10.1. The predicted molar refractivity (Wildman–Crippen MR) is 115 cm³/mol. The van der Waals surface area contributed by atoms with Gasteiger partial charge in [-0.05, 0) is 36.2 Å². The van der Waals surface area contributed by atoms with Crippen LogP contribution < -0.4 is 15.8 Å². The maximum absolute atomic E-state index is 12.3. The largest absolute Gasteiger partial charge is 0.360 e. The Bertz CT molecular complexity index is 978. The third kappa shape index (κ3) is 5.47. The number of nitrogens with one attached hydrogen (secondary N) is 2. The van der Waals surface area contributed by atoms with Crippen LogP contribution in [-0.2, 0) is 6.42 Å². The molecule has 28 heavy (non-hydrogen) atoms. The predicted octanol–water partition coefficient (Wildman–Crippen LogP) is 4.00. The van der Waals surface area contributed by atoms with E-state index in [0.717, 1.165) is 24.3 Å². The summed E-state index contributed by atoms with van der Waals surface area (Å²) in [6.07, 6.45) is 4.68. The minimum atomic E-state index is -0.172. The lowest BCUT2D eigenvalue weighted by Crippen LogP contribution is -2.23. The number of halogens is 2. The normalized spacial score (nSPS) is 10.7. The number of nitrogens with zero attached hydrogens (tertiary/aromatic N) is 3. The Balaban J connectivity index is 1.51.